The SMILES string of the molecule is CCC(CC)NC(=O)CSc1cc(OC)ccc1N. The molecule has 0 saturated carbocycles. The van der Waals surface area contributed by atoms with Crippen LogP contribution >= 0.6 is 11.8 Å². The molecule has 5 heteroatoms. The maximum Gasteiger partial charge on any atom is 0.230 e. The molecule has 1 aromatic carbocycles. The van der Waals surface area contributed by atoms with Crippen LogP contribution in [0.3, 0.4) is 0 Å². The van der Waals surface area contributed by atoms with Gasteiger partial charge in [0.15, 0.2) is 0 Å². The van der Waals surface area contributed by atoms with Crippen LogP contribution in [0.15, 0.2) is 23.1 Å². The van der Waals surface area contributed by atoms with Gasteiger partial charge in [0.1, 0.15) is 5.75 Å². The highest BCUT2D eigenvalue weighted by molar-refractivity contribution is 8.00. The summed E-state index contributed by atoms with van der Waals surface area (Å²) in [5.41, 5.74) is 6.54. The summed E-state index contributed by atoms with van der Waals surface area (Å²) >= 11 is 1.43. The van der Waals surface area contributed by atoms with E-state index in [0.717, 1.165) is 23.5 Å². The van der Waals surface area contributed by atoms with Crippen molar-refractivity contribution >= 4 is 23.4 Å². The second kappa shape index (κ2) is 7.94. The predicted octanol–water partition coefficient (Wildman–Crippen LogP) is 2.67. The van der Waals surface area contributed by atoms with Crippen LogP contribution in [0.25, 0.3) is 0 Å². The quantitative estimate of drug-likeness (QED) is 0.596. The highest BCUT2D eigenvalue weighted by Gasteiger charge is 2.10. The van der Waals surface area contributed by atoms with Crippen LogP contribution < -0.4 is 15.8 Å². The van der Waals surface area contributed by atoms with Crippen molar-refractivity contribution in [1.82, 2.24) is 5.32 Å². The van der Waals surface area contributed by atoms with E-state index >= 15 is 0 Å². The molecule has 3 N–H and O–H groups in total. The van der Waals surface area contributed by atoms with Gasteiger partial charge in [-0.15, -0.1) is 11.8 Å². The third kappa shape index (κ3) is 5.03. The molecule has 0 spiro atoms. The summed E-state index contributed by atoms with van der Waals surface area (Å²) in [6.07, 6.45) is 1.91. The van der Waals surface area contributed by atoms with Gasteiger partial charge in [-0.05, 0) is 31.0 Å². The molecule has 1 amide bonds. The molecule has 0 heterocycles. The maximum absolute atomic E-state index is 11.8. The summed E-state index contributed by atoms with van der Waals surface area (Å²) in [6.45, 7) is 4.14. The minimum absolute atomic E-state index is 0.0425. The lowest BCUT2D eigenvalue weighted by Gasteiger charge is -2.14. The lowest BCUT2D eigenvalue weighted by molar-refractivity contribution is -0.119. The van der Waals surface area contributed by atoms with Gasteiger partial charge in [0, 0.05) is 16.6 Å². The van der Waals surface area contributed by atoms with Crippen molar-refractivity contribution in [3.8, 4) is 5.75 Å². The van der Waals surface area contributed by atoms with E-state index in [1.54, 1.807) is 13.2 Å². The first kappa shape index (κ1) is 15.7. The van der Waals surface area contributed by atoms with Crippen molar-refractivity contribution in [2.24, 2.45) is 0 Å². The molecule has 0 radical (unpaired) electrons. The van der Waals surface area contributed by atoms with Crippen LogP contribution in [0.4, 0.5) is 5.69 Å². The zero-order chi connectivity index (χ0) is 14.3. The lowest BCUT2D eigenvalue weighted by Crippen LogP contribution is -2.35. The summed E-state index contributed by atoms with van der Waals surface area (Å²) in [4.78, 5) is 12.7. The molecule has 106 valence electrons. The minimum Gasteiger partial charge on any atom is -0.497 e. The number of amides is 1. The third-order valence-corrected chi connectivity index (χ3v) is 4.00. The summed E-state index contributed by atoms with van der Waals surface area (Å²) < 4.78 is 5.15. The zero-order valence-electron chi connectivity index (χ0n) is 11.7. The Morgan fingerprint density at radius 1 is 1.42 bits per heavy atom. The van der Waals surface area contributed by atoms with E-state index in [9.17, 15) is 4.79 Å². The zero-order valence-corrected chi connectivity index (χ0v) is 12.5. The lowest BCUT2D eigenvalue weighted by atomic mass is 10.2. The van der Waals surface area contributed by atoms with E-state index in [0.29, 0.717) is 11.4 Å². The van der Waals surface area contributed by atoms with E-state index in [-0.39, 0.29) is 11.9 Å². The predicted molar refractivity (Wildman–Crippen MR) is 80.6 cm³/mol. The highest BCUT2D eigenvalue weighted by atomic mass is 32.2. The van der Waals surface area contributed by atoms with Crippen molar-refractivity contribution in [3.05, 3.63) is 18.2 Å². The molecule has 0 aliphatic heterocycles. The molecule has 1 rings (SSSR count). The molecule has 0 aliphatic carbocycles. The molecular weight excluding hydrogens is 260 g/mol. The van der Waals surface area contributed by atoms with Crippen molar-refractivity contribution in [1.29, 1.82) is 0 Å². The summed E-state index contributed by atoms with van der Waals surface area (Å²) in [5, 5.41) is 3.00. The molecule has 0 fully saturated rings. The number of thioether (sulfide) groups is 1. The Bertz CT molecular complexity index is 420. The van der Waals surface area contributed by atoms with E-state index in [1.165, 1.54) is 11.8 Å². The molecule has 0 bridgehead atoms. The number of hydrogen-bond donors (Lipinski definition) is 2. The minimum atomic E-state index is 0.0425. The summed E-state index contributed by atoms with van der Waals surface area (Å²) in [7, 11) is 1.61. The van der Waals surface area contributed by atoms with E-state index in [1.807, 2.05) is 12.1 Å². The monoisotopic (exact) mass is 282 g/mol. The fraction of sp³-hybridized carbons (Fsp3) is 0.500. The number of carbonyl (C=O) groups is 1. The van der Waals surface area contributed by atoms with Gasteiger partial charge < -0.3 is 15.8 Å². The van der Waals surface area contributed by atoms with Crippen LogP contribution in [0.1, 0.15) is 26.7 Å². The fourth-order valence-electron chi connectivity index (χ4n) is 1.67. The average molecular weight is 282 g/mol. The Balaban J connectivity index is 2.54. The van der Waals surface area contributed by atoms with Gasteiger partial charge in [0.05, 0.1) is 12.9 Å². The first-order valence-corrected chi connectivity index (χ1v) is 7.44. The Kier molecular flexibility index (Phi) is 6.56. The average Bonchev–Trinajstić information content (AvgIpc) is 2.43. The van der Waals surface area contributed by atoms with Crippen LogP contribution in [-0.4, -0.2) is 24.8 Å². The molecule has 0 aromatic heterocycles. The number of ether oxygens (including phenoxy) is 1. The van der Waals surface area contributed by atoms with Crippen molar-refractivity contribution in [2.75, 3.05) is 18.6 Å². The van der Waals surface area contributed by atoms with Crippen molar-refractivity contribution in [2.45, 2.75) is 37.6 Å². The number of methoxy groups -OCH3 is 1. The normalized spacial score (nSPS) is 10.5. The number of nitrogens with one attached hydrogen (secondary N) is 1. The number of nitrogens with two attached hydrogens (primary N) is 1. The van der Waals surface area contributed by atoms with E-state index in [2.05, 4.69) is 19.2 Å². The van der Waals surface area contributed by atoms with Crippen LogP contribution in [0.2, 0.25) is 0 Å². The number of anilines is 1. The third-order valence-electron chi connectivity index (χ3n) is 2.93. The molecule has 1 aromatic rings. The fourth-order valence-corrected chi connectivity index (χ4v) is 2.48. The molecular formula is C14H22N2O2S. The second-order valence-electron chi connectivity index (χ2n) is 4.27. The van der Waals surface area contributed by atoms with Gasteiger partial charge in [-0.1, -0.05) is 13.8 Å². The Morgan fingerprint density at radius 2 is 2.11 bits per heavy atom. The van der Waals surface area contributed by atoms with E-state index in [4.69, 9.17) is 10.5 Å². The number of nitrogen functional groups attached to an aromatic ring is 1. The van der Waals surface area contributed by atoms with Crippen molar-refractivity contribution < 1.29 is 9.53 Å². The van der Waals surface area contributed by atoms with Gasteiger partial charge in [-0.2, -0.15) is 0 Å². The number of hydrogen-bond acceptors (Lipinski definition) is 4. The van der Waals surface area contributed by atoms with Crippen LogP contribution in [0, 0.1) is 0 Å². The van der Waals surface area contributed by atoms with Gasteiger partial charge in [-0.25, -0.2) is 0 Å². The smallest absolute Gasteiger partial charge is 0.230 e. The first-order chi connectivity index (χ1) is 9.10. The van der Waals surface area contributed by atoms with Gasteiger partial charge in [0.25, 0.3) is 0 Å². The number of benzene rings is 1. The van der Waals surface area contributed by atoms with Gasteiger partial charge in [-0.3, -0.25) is 4.79 Å². The van der Waals surface area contributed by atoms with Gasteiger partial charge >= 0.3 is 0 Å². The Labute approximate surface area is 119 Å². The highest BCUT2D eigenvalue weighted by Crippen LogP contribution is 2.28. The maximum atomic E-state index is 11.8. The van der Waals surface area contributed by atoms with E-state index < -0.39 is 0 Å². The molecule has 0 atom stereocenters. The summed E-state index contributed by atoms with van der Waals surface area (Å²) in [5.74, 6) is 1.16. The van der Waals surface area contributed by atoms with Gasteiger partial charge in [0.2, 0.25) is 5.91 Å². The second-order valence-corrected chi connectivity index (χ2v) is 5.29. The molecule has 19 heavy (non-hydrogen) atoms. The molecule has 0 saturated heterocycles. The Morgan fingerprint density at radius 3 is 2.68 bits per heavy atom. The van der Waals surface area contributed by atoms with Crippen molar-refractivity contribution in [3.63, 3.8) is 0 Å². The molecule has 0 aliphatic rings. The molecule has 0 unspecified atom stereocenters. The summed E-state index contributed by atoms with van der Waals surface area (Å²) in [6, 6.07) is 5.71. The Hall–Kier alpha value is -1.36. The largest absolute Gasteiger partial charge is 0.497 e. The van der Waals surface area contributed by atoms with Crippen LogP contribution in [0.5, 0.6) is 5.75 Å². The molecule has 4 nitrogen and oxygen atoms in total. The topological polar surface area (TPSA) is 64.3 Å². The standard InChI is InChI=1S/C14H22N2O2S/c1-4-10(5-2)16-14(17)9-19-13-8-11(18-3)6-7-12(13)15/h6-8,10H,4-5,9,15H2,1-3H3,(H,16,17). The first-order valence-electron chi connectivity index (χ1n) is 6.46. The number of carbonyl (C=O) groups excluding carboxylic acids is 1. The van der Waals surface area contributed by atoms with Crippen LogP contribution in [-0.2, 0) is 4.79 Å². The number of rotatable bonds is 7.